The van der Waals surface area contributed by atoms with Gasteiger partial charge in [-0.1, -0.05) is 36.4 Å². The summed E-state index contributed by atoms with van der Waals surface area (Å²) in [5.74, 6) is -0.0457. The Labute approximate surface area is 195 Å². The van der Waals surface area contributed by atoms with Gasteiger partial charge in [-0.2, -0.15) is 0 Å². The maximum Gasteiger partial charge on any atom is 0.291 e. The zero-order chi connectivity index (χ0) is 22.6. The van der Waals surface area contributed by atoms with Gasteiger partial charge in [0.05, 0.1) is 27.4 Å². The minimum atomic E-state index is -0.299. The molecule has 0 unspecified atom stereocenters. The number of aromatic nitrogens is 1. The molecule has 2 aromatic carbocycles. The molecule has 0 spiro atoms. The maximum absolute atomic E-state index is 13.1. The predicted molar refractivity (Wildman–Crippen MR) is 129 cm³/mol. The van der Waals surface area contributed by atoms with Crippen LogP contribution < -0.4 is 10.6 Å². The Morgan fingerprint density at radius 2 is 1.82 bits per heavy atom. The predicted octanol–water partition coefficient (Wildman–Crippen LogP) is 5.51. The molecule has 0 radical (unpaired) electrons. The number of allylic oxidation sites excluding steroid dienone is 2. The highest BCUT2D eigenvalue weighted by Crippen LogP contribution is 2.38. The molecule has 7 heteroatoms. The van der Waals surface area contributed by atoms with Gasteiger partial charge < -0.3 is 15.1 Å². The summed E-state index contributed by atoms with van der Waals surface area (Å²) in [6.07, 6.45) is 7.23. The van der Waals surface area contributed by atoms with Crippen LogP contribution in [0, 0.1) is 5.92 Å². The van der Waals surface area contributed by atoms with Gasteiger partial charge in [0, 0.05) is 18.2 Å². The van der Waals surface area contributed by atoms with Crippen LogP contribution in [0.15, 0.2) is 83.5 Å². The van der Waals surface area contributed by atoms with Crippen LogP contribution in [-0.4, -0.2) is 16.8 Å². The SMILES string of the molecule is O=C(Nc1ccc(CNC(=O)[C@@H]2CC=CC[C@@H]2c2nc3ccccc3s2)cc1)c1ccco1. The second kappa shape index (κ2) is 9.42. The van der Waals surface area contributed by atoms with E-state index in [0.717, 1.165) is 27.2 Å². The van der Waals surface area contributed by atoms with E-state index in [-0.39, 0.29) is 29.4 Å². The highest BCUT2D eigenvalue weighted by Gasteiger charge is 2.32. The van der Waals surface area contributed by atoms with Gasteiger partial charge in [-0.25, -0.2) is 4.98 Å². The maximum atomic E-state index is 13.1. The first-order chi connectivity index (χ1) is 16.2. The Balaban J connectivity index is 1.21. The molecule has 33 heavy (non-hydrogen) atoms. The Bertz CT molecular complexity index is 1260. The van der Waals surface area contributed by atoms with E-state index in [9.17, 15) is 9.59 Å². The molecule has 6 nitrogen and oxygen atoms in total. The number of nitrogens with zero attached hydrogens (tertiary/aromatic N) is 1. The summed E-state index contributed by atoms with van der Waals surface area (Å²) in [6.45, 7) is 0.429. The zero-order valence-electron chi connectivity index (χ0n) is 17.9. The molecule has 2 aromatic heterocycles. The zero-order valence-corrected chi connectivity index (χ0v) is 18.7. The third kappa shape index (κ3) is 4.73. The third-order valence-electron chi connectivity index (χ3n) is 5.82. The number of fused-ring (bicyclic) bond motifs is 1. The molecule has 0 saturated carbocycles. The smallest absolute Gasteiger partial charge is 0.291 e. The van der Waals surface area contributed by atoms with E-state index < -0.39 is 0 Å². The van der Waals surface area contributed by atoms with Crippen molar-refractivity contribution >= 4 is 39.1 Å². The number of hydrogen-bond donors (Lipinski definition) is 2. The molecule has 0 aliphatic heterocycles. The van der Waals surface area contributed by atoms with Crippen molar-refractivity contribution in [3.63, 3.8) is 0 Å². The van der Waals surface area contributed by atoms with Crippen LogP contribution in [0.3, 0.4) is 0 Å². The second-order valence-electron chi connectivity index (χ2n) is 8.02. The molecular weight excluding hydrogens is 434 g/mol. The molecule has 1 aliphatic carbocycles. The highest BCUT2D eigenvalue weighted by atomic mass is 32.1. The average molecular weight is 458 g/mol. The standard InChI is InChI=1S/C26H23N3O3S/c30-24(19-6-1-2-7-20(19)26-29-21-8-3-4-10-23(21)33-26)27-16-17-11-13-18(14-12-17)28-25(31)22-9-5-15-32-22/h1-5,8-15,19-20H,6-7,16H2,(H,27,30)(H,28,31)/t19-,20+/m1/s1. The molecule has 4 aromatic rings. The van der Waals surface area contributed by atoms with E-state index in [0.29, 0.717) is 18.7 Å². The fourth-order valence-corrected chi connectivity index (χ4v) is 5.20. The van der Waals surface area contributed by atoms with Crippen molar-refractivity contribution in [2.24, 2.45) is 5.92 Å². The Kier molecular flexibility index (Phi) is 6.04. The first kappa shape index (κ1) is 21.2. The number of thiazole rings is 1. The van der Waals surface area contributed by atoms with Crippen molar-refractivity contribution in [2.75, 3.05) is 5.32 Å². The molecule has 2 atom stereocenters. The topological polar surface area (TPSA) is 84.2 Å². The summed E-state index contributed by atoms with van der Waals surface area (Å²) in [5, 5.41) is 6.90. The van der Waals surface area contributed by atoms with E-state index in [4.69, 9.17) is 9.40 Å². The molecule has 2 N–H and O–H groups in total. The van der Waals surface area contributed by atoms with E-state index in [2.05, 4.69) is 28.9 Å². The van der Waals surface area contributed by atoms with Crippen LogP contribution in [0.2, 0.25) is 0 Å². The van der Waals surface area contributed by atoms with Crippen LogP contribution in [0.25, 0.3) is 10.2 Å². The van der Waals surface area contributed by atoms with E-state index in [1.807, 2.05) is 42.5 Å². The summed E-state index contributed by atoms with van der Waals surface area (Å²) < 4.78 is 6.26. The number of rotatable bonds is 6. The largest absolute Gasteiger partial charge is 0.459 e. The van der Waals surface area contributed by atoms with Gasteiger partial charge >= 0.3 is 0 Å². The van der Waals surface area contributed by atoms with Crippen LogP contribution in [0.4, 0.5) is 5.69 Å². The van der Waals surface area contributed by atoms with Gasteiger partial charge in [0.1, 0.15) is 0 Å². The second-order valence-corrected chi connectivity index (χ2v) is 9.08. The number of furan rings is 1. The number of anilines is 1. The summed E-state index contributed by atoms with van der Waals surface area (Å²) >= 11 is 1.68. The van der Waals surface area contributed by atoms with Crippen molar-refractivity contribution in [1.82, 2.24) is 10.3 Å². The number of amides is 2. The minimum Gasteiger partial charge on any atom is -0.459 e. The molecule has 166 valence electrons. The number of carbonyl (C=O) groups excluding carboxylic acids is 2. The minimum absolute atomic E-state index is 0.0406. The van der Waals surface area contributed by atoms with Crippen LogP contribution in [0.5, 0.6) is 0 Å². The van der Waals surface area contributed by atoms with Crippen LogP contribution in [0.1, 0.15) is 39.9 Å². The summed E-state index contributed by atoms with van der Waals surface area (Å²) in [4.78, 5) is 30.0. The van der Waals surface area contributed by atoms with Crippen molar-refractivity contribution in [3.05, 3.63) is 95.4 Å². The first-order valence-electron chi connectivity index (χ1n) is 10.9. The first-order valence-corrected chi connectivity index (χ1v) is 11.7. The molecular formula is C26H23N3O3S. The molecule has 5 rings (SSSR count). The van der Waals surface area contributed by atoms with Crippen molar-refractivity contribution in [2.45, 2.75) is 25.3 Å². The molecule has 0 saturated heterocycles. The van der Waals surface area contributed by atoms with Gasteiger partial charge in [-0.15, -0.1) is 11.3 Å². The van der Waals surface area contributed by atoms with Gasteiger partial charge in [0.25, 0.3) is 5.91 Å². The Morgan fingerprint density at radius 1 is 1.00 bits per heavy atom. The lowest BCUT2D eigenvalue weighted by molar-refractivity contribution is -0.125. The van der Waals surface area contributed by atoms with Gasteiger partial charge in [0.2, 0.25) is 5.91 Å². The summed E-state index contributed by atoms with van der Waals surface area (Å²) in [6, 6.07) is 18.8. The number of hydrogen-bond acceptors (Lipinski definition) is 5. The van der Waals surface area contributed by atoms with Crippen molar-refractivity contribution < 1.29 is 14.0 Å². The third-order valence-corrected chi connectivity index (χ3v) is 6.99. The van der Waals surface area contributed by atoms with Gasteiger partial charge in [0.15, 0.2) is 5.76 Å². The molecule has 1 aliphatic rings. The lowest BCUT2D eigenvalue weighted by Gasteiger charge is -2.26. The fourth-order valence-electron chi connectivity index (χ4n) is 4.05. The summed E-state index contributed by atoms with van der Waals surface area (Å²) in [7, 11) is 0. The average Bonchev–Trinajstić information content (AvgIpc) is 3.54. The van der Waals surface area contributed by atoms with Crippen molar-refractivity contribution in [1.29, 1.82) is 0 Å². The van der Waals surface area contributed by atoms with Crippen LogP contribution in [-0.2, 0) is 11.3 Å². The Morgan fingerprint density at radius 3 is 2.61 bits per heavy atom. The molecule has 2 amide bonds. The van der Waals surface area contributed by atoms with Gasteiger partial charge in [-0.3, -0.25) is 9.59 Å². The quantitative estimate of drug-likeness (QED) is 0.374. The fraction of sp³-hybridized carbons (Fsp3) is 0.192. The summed E-state index contributed by atoms with van der Waals surface area (Å²) in [5.41, 5.74) is 2.62. The van der Waals surface area contributed by atoms with E-state index >= 15 is 0 Å². The molecule has 0 bridgehead atoms. The normalized spacial score (nSPS) is 17.7. The van der Waals surface area contributed by atoms with Gasteiger partial charge in [-0.05, 0) is 54.8 Å². The monoisotopic (exact) mass is 457 g/mol. The molecule has 2 heterocycles. The molecule has 0 fully saturated rings. The number of nitrogens with one attached hydrogen (secondary N) is 2. The van der Waals surface area contributed by atoms with E-state index in [1.165, 1.54) is 6.26 Å². The lowest BCUT2D eigenvalue weighted by atomic mass is 9.82. The van der Waals surface area contributed by atoms with E-state index in [1.54, 1.807) is 23.5 Å². The number of benzene rings is 2. The lowest BCUT2D eigenvalue weighted by Crippen LogP contribution is -2.34. The van der Waals surface area contributed by atoms with Crippen LogP contribution >= 0.6 is 11.3 Å². The number of carbonyl (C=O) groups is 2. The number of para-hydroxylation sites is 1. The van der Waals surface area contributed by atoms with Crippen molar-refractivity contribution in [3.8, 4) is 0 Å². The Hall–Kier alpha value is -3.71. The highest BCUT2D eigenvalue weighted by molar-refractivity contribution is 7.18.